The number of hydrogen-bond acceptors (Lipinski definition) is 0. The smallest absolute Gasteiger partial charge is 0.00143 e. The van der Waals surface area contributed by atoms with Crippen LogP contribution < -0.4 is 0 Å². The molecule has 0 saturated carbocycles. The minimum absolute atomic E-state index is 1.22. The van der Waals surface area contributed by atoms with Crippen molar-refractivity contribution in [3.63, 3.8) is 0 Å². The van der Waals surface area contributed by atoms with Crippen LogP contribution in [0.3, 0.4) is 0 Å². The average molecular weight is 557 g/mol. The van der Waals surface area contributed by atoms with Gasteiger partial charge in [0.05, 0.1) is 0 Å². The normalized spacial score (nSPS) is 11.6. The summed E-state index contributed by atoms with van der Waals surface area (Å²) >= 11 is 0. The Labute approximate surface area is 256 Å². The van der Waals surface area contributed by atoms with Gasteiger partial charge in [-0.1, -0.05) is 140 Å². The summed E-state index contributed by atoms with van der Waals surface area (Å²) < 4.78 is 0. The zero-order valence-electron chi connectivity index (χ0n) is 24.2. The first-order chi connectivity index (χ1) is 21.8. The van der Waals surface area contributed by atoms with Gasteiger partial charge in [0.15, 0.2) is 0 Å². The first kappa shape index (κ1) is 24.8. The van der Waals surface area contributed by atoms with Crippen LogP contribution in [0.15, 0.2) is 170 Å². The van der Waals surface area contributed by atoms with Gasteiger partial charge in [0.25, 0.3) is 0 Å². The van der Waals surface area contributed by atoms with Crippen LogP contribution in [0.2, 0.25) is 0 Å². The lowest BCUT2D eigenvalue weighted by molar-refractivity contribution is 1.58. The topological polar surface area (TPSA) is 0 Å². The summed E-state index contributed by atoms with van der Waals surface area (Å²) in [4.78, 5) is 0. The van der Waals surface area contributed by atoms with Gasteiger partial charge in [-0.15, -0.1) is 0 Å². The Hall–Kier alpha value is -5.72. The molecule has 9 rings (SSSR count). The molecule has 0 amide bonds. The molecule has 0 N–H and O–H groups in total. The fourth-order valence-electron chi connectivity index (χ4n) is 7.04. The molecule has 0 heterocycles. The predicted octanol–water partition coefficient (Wildman–Crippen LogP) is 12.4. The van der Waals surface area contributed by atoms with Crippen molar-refractivity contribution in [2.75, 3.05) is 0 Å². The summed E-state index contributed by atoms with van der Waals surface area (Å²) in [6, 6.07) is 62.4. The highest BCUT2D eigenvalue weighted by atomic mass is 14.2. The van der Waals surface area contributed by atoms with Crippen LogP contribution in [0.25, 0.3) is 87.6 Å². The number of hydrogen-bond donors (Lipinski definition) is 0. The Morgan fingerprint density at radius 3 is 1.36 bits per heavy atom. The van der Waals surface area contributed by atoms with E-state index in [0.717, 1.165) is 0 Å². The zero-order chi connectivity index (χ0) is 29.0. The maximum atomic E-state index is 2.44. The van der Waals surface area contributed by atoms with E-state index in [2.05, 4.69) is 170 Å². The fourth-order valence-corrected chi connectivity index (χ4v) is 7.04. The van der Waals surface area contributed by atoms with E-state index >= 15 is 0 Å². The molecule has 0 heteroatoms. The molecule has 0 saturated heterocycles. The lowest BCUT2D eigenvalue weighted by atomic mass is 9.84. The van der Waals surface area contributed by atoms with E-state index in [9.17, 15) is 0 Å². The summed E-state index contributed by atoms with van der Waals surface area (Å²) in [5.41, 5.74) is 9.88. The van der Waals surface area contributed by atoms with Gasteiger partial charge in [0, 0.05) is 0 Å². The van der Waals surface area contributed by atoms with Gasteiger partial charge in [0.2, 0.25) is 0 Å². The predicted molar refractivity (Wildman–Crippen MR) is 189 cm³/mol. The molecule has 0 spiro atoms. The summed E-state index contributed by atoms with van der Waals surface area (Å²) in [6.45, 7) is 0. The molecule has 44 heavy (non-hydrogen) atoms. The Morgan fingerprint density at radius 1 is 0.227 bits per heavy atom. The number of benzene rings is 9. The Bertz CT molecular complexity index is 2400. The van der Waals surface area contributed by atoms with E-state index < -0.39 is 0 Å². The second-order valence-electron chi connectivity index (χ2n) is 11.7. The average Bonchev–Trinajstić information content (AvgIpc) is 3.10. The maximum absolute atomic E-state index is 2.44. The molecular weight excluding hydrogens is 528 g/mol. The van der Waals surface area contributed by atoms with E-state index in [1.807, 2.05) is 0 Å². The molecule has 204 valence electrons. The van der Waals surface area contributed by atoms with Crippen LogP contribution in [0, 0.1) is 0 Å². The molecule has 0 aliphatic carbocycles. The molecule has 9 aromatic carbocycles. The standard InChI is InChI=1S/C44H28/c1-3-10-29(11-4-1)36-25-37(30-12-5-2-6-13-30)27-38(26-36)42-28-41(35-19-18-31-14-7-8-15-34(31)24-35)39-22-20-32-16-9-17-33-21-23-40(42)44(39)43(32)33/h1-28H. The van der Waals surface area contributed by atoms with E-state index in [0.29, 0.717) is 0 Å². The van der Waals surface area contributed by atoms with Crippen LogP contribution in [0.5, 0.6) is 0 Å². The van der Waals surface area contributed by atoms with Crippen LogP contribution in [0.1, 0.15) is 0 Å². The van der Waals surface area contributed by atoms with Crippen LogP contribution in [-0.4, -0.2) is 0 Å². The number of rotatable bonds is 4. The lowest BCUT2D eigenvalue weighted by Crippen LogP contribution is -1.92. The third-order valence-electron chi connectivity index (χ3n) is 9.16. The molecule has 0 unspecified atom stereocenters. The van der Waals surface area contributed by atoms with Gasteiger partial charge in [0.1, 0.15) is 0 Å². The summed E-state index contributed by atoms with van der Waals surface area (Å²) in [5.74, 6) is 0. The highest BCUT2D eigenvalue weighted by molar-refractivity contribution is 6.28. The third kappa shape index (κ3) is 4.00. The first-order valence-corrected chi connectivity index (χ1v) is 15.3. The zero-order valence-corrected chi connectivity index (χ0v) is 24.2. The SMILES string of the molecule is c1ccc(-c2cc(-c3ccccc3)cc(-c3cc(-c4ccc5ccccc5c4)c4ccc5cccc6ccc3c4c65)c2)cc1. The monoisotopic (exact) mass is 556 g/mol. The first-order valence-electron chi connectivity index (χ1n) is 15.3. The van der Waals surface area contributed by atoms with Crippen molar-refractivity contribution in [3.8, 4) is 44.5 Å². The second-order valence-corrected chi connectivity index (χ2v) is 11.7. The molecule has 0 aromatic heterocycles. The van der Waals surface area contributed by atoms with Crippen LogP contribution in [0.4, 0.5) is 0 Å². The van der Waals surface area contributed by atoms with Gasteiger partial charge in [-0.25, -0.2) is 0 Å². The molecule has 0 bridgehead atoms. The van der Waals surface area contributed by atoms with E-state index in [1.54, 1.807) is 0 Å². The Morgan fingerprint density at radius 2 is 0.727 bits per heavy atom. The third-order valence-corrected chi connectivity index (χ3v) is 9.16. The quantitative estimate of drug-likeness (QED) is 0.189. The van der Waals surface area contributed by atoms with Crippen molar-refractivity contribution in [3.05, 3.63) is 170 Å². The Kier molecular flexibility index (Phi) is 5.61. The Balaban J connectivity index is 1.40. The van der Waals surface area contributed by atoms with Gasteiger partial charge < -0.3 is 0 Å². The van der Waals surface area contributed by atoms with Crippen molar-refractivity contribution in [1.82, 2.24) is 0 Å². The van der Waals surface area contributed by atoms with Crippen molar-refractivity contribution in [2.45, 2.75) is 0 Å². The van der Waals surface area contributed by atoms with E-state index in [1.165, 1.54) is 87.6 Å². The van der Waals surface area contributed by atoms with Crippen molar-refractivity contribution in [2.24, 2.45) is 0 Å². The highest BCUT2D eigenvalue weighted by Crippen LogP contribution is 2.45. The minimum Gasteiger partial charge on any atom is -0.0622 e. The summed E-state index contributed by atoms with van der Waals surface area (Å²) in [7, 11) is 0. The van der Waals surface area contributed by atoms with E-state index in [4.69, 9.17) is 0 Å². The van der Waals surface area contributed by atoms with Gasteiger partial charge >= 0.3 is 0 Å². The summed E-state index contributed by atoms with van der Waals surface area (Å²) in [6.07, 6.45) is 0. The summed E-state index contributed by atoms with van der Waals surface area (Å²) in [5, 5.41) is 10.4. The minimum atomic E-state index is 1.22. The lowest BCUT2D eigenvalue weighted by Gasteiger charge is -2.19. The molecule has 0 fully saturated rings. The maximum Gasteiger partial charge on any atom is -0.00143 e. The fraction of sp³-hybridized carbons (Fsp3) is 0. The molecule has 0 aliphatic heterocycles. The number of fused-ring (bicyclic) bond motifs is 1. The molecule has 0 radical (unpaired) electrons. The van der Waals surface area contributed by atoms with Gasteiger partial charge in [-0.2, -0.15) is 0 Å². The molecular formula is C44H28. The molecule has 0 nitrogen and oxygen atoms in total. The highest BCUT2D eigenvalue weighted by Gasteiger charge is 2.18. The van der Waals surface area contributed by atoms with Crippen molar-refractivity contribution >= 4 is 43.1 Å². The molecule has 9 aromatic rings. The molecule has 0 aliphatic rings. The van der Waals surface area contributed by atoms with Gasteiger partial charge in [-0.3, -0.25) is 0 Å². The van der Waals surface area contributed by atoms with E-state index in [-0.39, 0.29) is 0 Å². The van der Waals surface area contributed by atoms with Crippen LogP contribution >= 0.6 is 0 Å². The van der Waals surface area contributed by atoms with Crippen molar-refractivity contribution < 1.29 is 0 Å². The molecule has 0 atom stereocenters. The largest absolute Gasteiger partial charge is 0.0622 e. The van der Waals surface area contributed by atoms with Crippen molar-refractivity contribution in [1.29, 1.82) is 0 Å². The van der Waals surface area contributed by atoms with Crippen LogP contribution in [-0.2, 0) is 0 Å². The van der Waals surface area contributed by atoms with Gasteiger partial charge in [-0.05, 0) is 118 Å². The second kappa shape index (κ2) is 9.93.